The Morgan fingerprint density at radius 1 is 1.00 bits per heavy atom. The monoisotopic (exact) mass is 326 g/mol. The van der Waals surface area contributed by atoms with Crippen molar-refractivity contribution in [3.63, 3.8) is 0 Å². The second-order valence-electron chi connectivity index (χ2n) is 6.29. The number of carbonyl (C=O) groups excluding carboxylic acids is 3. The molecule has 2 heterocycles. The number of carbonyl (C=O) groups is 3. The number of morpholine rings is 1. The van der Waals surface area contributed by atoms with E-state index in [0.717, 1.165) is 0 Å². The van der Waals surface area contributed by atoms with Crippen LogP contribution in [0.25, 0.3) is 0 Å². The van der Waals surface area contributed by atoms with Crippen LogP contribution >= 0.6 is 0 Å². The van der Waals surface area contributed by atoms with Gasteiger partial charge in [0.2, 0.25) is 0 Å². The molecule has 130 valence electrons. The number of ether oxygens (including phenoxy) is 2. The number of rotatable bonds is 2. The molecule has 2 amide bonds. The van der Waals surface area contributed by atoms with Gasteiger partial charge < -0.3 is 19.3 Å². The molecule has 2 aliphatic heterocycles. The van der Waals surface area contributed by atoms with Crippen molar-refractivity contribution in [1.29, 1.82) is 0 Å². The van der Waals surface area contributed by atoms with E-state index in [0.29, 0.717) is 45.6 Å². The first-order valence-corrected chi connectivity index (χ1v) is 8.32. The van der Waals surface area contributed by atoms with Crippen molar-refractivity contribution in [2.45, 2.75) is 45.8 Å². The van der Waals surface area contributed by atoms with Crippen LogP contribution in [-0.2, 0) is 23.9 Å². The quantitative estimate of drug-likeness (QED) is 0.543. The average Bonchev–Trinajstić information content (AvgIpc) is 2.53. The van der Waals surface area contributed by atoms with Gasteiger partial charge in [-0.3, -0.25) is 14.4 Å². The lowest BCUT2D eigenvalue weighted by Crippen LogP contribution is -2.54. The van der Waals surface area contributed by atoms with Gasteiger partial charge in [-0.2, -0.15) is 0 Å². The van der Waals surface area contributed by atoms with Crippen molar-refractivity contribution < 1.29 is 23.9 Å². The maximum absolute atomic E-state index is 12.4. The average molecular weight is 326 g/mol. The molecule has 2 unspecified atom stereocenters. The van der Waals surface area contributed by atoms with Crippen LogP contribution in [0.3, 0.4) is 0 Å². The number of hydrogen-bond acceptors (Lipinski definition) is 5. The minimum atomic E-state index is -0.478. The van der Waals surface area contributed by atoms with Crippen LogP contribution in [0, 0.1) is 5.92 Å². The summed E-state index contributed by atoms with van der Waals surface area (Å²) in [7, 11) is 0. The first-order chi connectivity index (χ1) is 10.9. The summed E-state index contributed by atoms with van der Waals surface area (Å²) in [6.45, 7) is 7.65. The van der Waals surface area contributed by atoms with Gasteiger partial charge in [-0.05, 0) is 33.6 Å². The molecule has 7 heteroatoms. The molecule has 0 aliphatic carbocycles. The van der Waals surface area contributed by atoms with E-state index in [2.05, 4.69) is 0 Å². The Labute approximate surface area is 136 Å². The Morgan fingerprint density at radius 2 is 1.52 bits per heavy atom. The third-order valence-electron chi connectivity index (χ3n) is 4.29. The summed E-state index contributed by atoms with van der Waals surface area (Å²) in [5.41, 5.74) is 0. The Kier molecular flexibility index (Phi) is 5.98. The molecule has 0 N–H and O–H groups in total. The van der Waals surface area contributed by atoms with Crippen LogP contribution in [0.4, 0.5) is 0 Å². The molecule has 0 aromatic rings. The van der Waals surface area contributed by atoms with Crippen molar-refractivity contribution in [2.24, 2.45) is 5.92 Å². The van der Waals surface area contributed by atoms with Gasteiger partial charge in [0.1, 0.15) is 0 Å². The van der Waals surface area contributed by atoms with E-state index in [-0.39, 0.29) is 24.1 Å². The Morgan fingerprint density at radius 3 is 2.04 bits per heavy atom. The Hall–Kier alpha value is -1.63. The number of amides is 2. The summed E-state index contributed by atoms with van der Waals surface area (Å²) < 4.78 is 10.6. The van der Waals surface area contributed by atoms with Crippen LogP contribution in [0.5, 0.6) is 0 Å². The van der Waals surface area contributed by atoms with Crippen LogP contribution in [0.15, 0.2) is 0 Å². The number of piperidine rings is 1. The minimum Gasteiger partial charge on any atom is -0.466 e. The van der Waals surface area contributed by atoms with Gasteiger partial charge in [-0.1, -0.05) is 0 Å². The highest BCUT2D eigenvalue weighted by Crippen LogP contribution is 2.20. The van der Waals surface area contributed by atoms with Gasteiger partial charge in [0.25, 0.3) is 0 Å². The van der Waals surface area contributed by atoms with Crippen molar-refractivity contribution in [2.75, 3.05) is 32.8 Å². The molecule has 0 bridgehead atoms. The van der Waals surface area contributed by atoms with Crippen LogP contribution < -0.4 is 0 Å². The molecular formula is C16H26N2O5. The maximum atomic E-state index is 12.4. The van der Waals surface area contributed by atoms with Gasteiger partial charge in [-0.25, -0.2) is 0 Å². The lowest BCUT2D eigenvalue weighted by Gasteiger charge is -2.37. The lowest BCUT2D eigenvalue weighted by molar-refractivity contribution is -0.160. The van der Waals surface area contributed by atoms with Gasteiger partial charge in [0.05, 0.1) is 24.7 Å². The molecule has 0 radical (unpaired) electrons. The molecule has 0 aromatic heterocycles. The summed E-state index contributed by atoms with van der Waals surface area (Å²) in [6.07, 6.45) is 0.969. The fourth-order valence-electron chi connectivity index (χ4n) is 3.19. The van der Waals surface area contributed by atoms with E-state index in [4.69, 9.17) is 9.47 Å². The fraction of sp³-hybridized carbons (Fsp3) is 0.812. The standard InChI is InChI=1S/C16H26N2O5/c1-4-22-16(21)13-5-7-17(8-6-13)14(19)15(20)18-9-11(2)23-12(3)10-18/h11-13H,4-10H2,1-3H3. The predicted octanol–water partition coefficient (Wildman–Crippen LogP) is 0.424. The van der Waals surface area contributed by atoms with E-state index in [1.807, 2.05) is 13.8 Å². The zero-order valence-electron chi connectivity index (χ0n) is 14.1. The zero-order chi connectivity index (χ0) is 17.0. The van der Waals surface area contributed by atoms with Crippen molar-refractivity contribution >= 4 is 17.8 Å². The van der Waals surface area contributed by atoms with E-state index in [9.17, 15) is 14.4 Å². The summed E-state index contributed by atoms with van der Waals surface area (Å²) in [5.74, 6) is -1.32. The maximum Gasteiger partial charge on any atom is 0.312 e. The summed E-state index contributed by atoms with van der Waals surface area (Å²) in [5, 5.41) is 0. The van der Waals surface area contributed by atoms with Crippen molar-refractivity contribution in [3.05, 3.63) is 0 Å². The molecule has 0 spiro atoms. The molecule has 2 atom stereocenters. The largest absolute Gasteiger partial charge is 0.466 e. The Balaban J connectivity index is 1.87. The lowest BCUT2D eigenvalue weighted by atomic mass is 9.97. The second-order valence-corrected chi connectivity index (χ2v) is 6.29. The topological polar surface area (TPSA) is 76.2 Å². The van der Waals surface area contributed by atoms with Gasteiger partial charge in [-0.15, -0.1) is 0 Å². The molecule has 2 aliphatic rings. The zero-order valence-corrected chi connectivity index (χ0v) is 14.1. The van der Waals surface area contributed by atoms with E-state index in [1.54, 1.807) is 16.7 Å². The number of likely N-dealkylation sites (tertiary alicyclic amines) is 1. The first-order valence-electron chi connectivity index (χ1n) is 8.32. The highest BCUT2D eigenvalue weighted by molar-refractivity contribution is 6.34. The van der Waals surface area contributed by atoms with Crippen molar-refractivity contribution in [3.8, 4) is 0 Å². The van der Waals surface area contributed by atoms with Crippen LogP contribution in [0.1, 0.15) is 33.6 Å². The summed E-state index contributed by atoms with van der Waals surface area (Å²) in [4.78, 5) is 39.6. The number of esters is 1. The van der Waals surface area contributed by atoms with Crippen LogP contribution in [0.2, 0.25) is 0 Å². The van der Waals surface area contributed by atoms with E-state index >= 15 is 0 Å². The minimum absolute atomic E-state index is 0.0648. The summed E-state index contributed by atoms with van der Waals surface area (Å²) >= 11 is 0. The Bertz CT molecular complexity index is 449. The molecule has 2 rings (SSSR count). The molecule has 23 heavy (non-hydrogen) atoms. The fourth-order valence-corrected chi connectivity index (χ4v) is 3.19. The van der Waals surface area contributed by atoms with Gasteiger partial charge >= 0.3 is 17.8 Å². The third kappa shape index (κ3) is 4.43. The molecular weight excluding hydrogens is 300 g/mol. The molecule has 7 nitrogen and oxygen atoms in total. The summed E-state index contributed by atoms with van der Waals surface area (Å²) in [6, 6.07) is 0. The second kappa shape index (κ2) is 7.77. The third-order valence-corrected chi connectivity index (χ3v) is 4.29. The first kappa shape index (κ1) is 17.7. The molecule has 2 fully saturated rings. The SMILES string of the molecule is CCOC(=O)C1CCN(C(=O)C(=O)N2CC(C)OC(C)C2)CC1. The van der Waals surface area contributed by atoms with E-state index in [1.165, 1.54) is 0 Å². The van der Waals surface area contributed by atoms with E-state index < -0.39 is 11.8 Å². The number of nitrogens with zero attached hydrogens (tertiary/aromatic N) is 2. The number of hydrogen-bond donors (Lipinski definition) is 0. The molecule has 0 aromatic carbocycles. The predicted molar refractivity (Wildman–Crippen MR) is 82.5 cm³/mol. The normalized spacial score (nSPS) is 26.0. The highest BCUT2D eigenvalue weighted by atomic mass is 16.5. The van der Waals surface area contributed by atoms with Crippen molar-refractivity contribution in [1.82, 2.24) is 9.80 Å². The highest BCUT2D eigenvalue weighted by Gasteiger charge is 2.35. The molecule has 2 saturated heterocycles. The molecule has 0 saturated carbocycles. The van der Waals surface area contributed by atoms with Gasteiger partial charge in [0.15, 0.2) is 0 Å². The smallest absolute Gasteiger partial charge is 0.312 e. The van der Waals surface area contributed by atoms with Crippen LogP contribution in [-0.4, -0.2) is 72.6 Å². The van der Waals surface area contributed by atoms with Gasteiger partial charge in [0, 0.05) is 26.2 Å².